The summed E-state index contributed by atoms with van der Waals surface area (Å²) < 4.78 is 1.71. The van der Waals surface area contributed by atoms with Crippen molar-refractivity contribution in [2.45, 2.75) is 12.7 Å². The van der Waals surface area contributed by atoms with Crippen LogP contribution in [0.15, 0.2) is 34.8 Å². The molecule has 0 atom stereocenters. The number of anilines is 1. The fourth-order valence-corrected chi connectivity index (χ4v) is 4.68. The summed E-state index contributed by atoms with van der Waals surface area (Å²) in [5, 5.41) is 2.83. The third-order valence-electron chi connectivity index (χ3n) is 3.37. The van der Waals surface area contributed by atoms with Gasteiger partial charge in [-0.25, -0.2) is 0 Å². The van der Waals surface area contributed by atoms with Crippen LogP contribution in [0, 0.1) is 6.92 Å². The Morgan fingerprint density at radius 2 is 2.08 bits per heavy atom. The molecule has 0 aliphatic rings. The van der Waals surface area contributed by atoms with Gasteiger partial charge in [-0.15, -0.1) is 23.1 Å². The number of aryl methyl sites for hydroxylation is 1. The summed E-state index contributed by atoms with van der Waals surface area (Å²) in [6, 6.07) is 9.44. The predicted molar refractivity (Wildman–Crippen MR) is 111 cm³/mol. The van der Waals surface area contributed by atoms with Crippen molar-refractivity contribution in [3.63, 3.8) is 0 Å². The summed E-state index contributed by atoms with van der Waals surface area (Å²) in [6.45, 7) is 1.95. The van der Waals surface area contributed by atoms with Crippen molar-refractivity contribution in [3.05, 3.63) is 49.6 Å². The molecular weight excluding hydrogens is 444 g/mol. The van der Waals surface area contributed by atoms with Crippen LogP contribution in [-0.2, 0) is 15.3 Å². The van der Waals surface area contributed by atoms with E-state index in [2.05, 4.69) is 21.2 Å². The number of thiophene rings is 1. The summed E-state index contributed by atoms with van der Waals surface area (Å²) in [7, 11) is 1.64. The molecule has 2 rings (SSSR count). The summed E-state index contributed by atoms with van der Waals surface area (Å²) in [6.07, 6.45) is 0. The van der Waals surface area contributed by atoms with Gasteiger partial charge in [-0.1, -0.05) is 27.5 Å². The molecule has 1 N–H and O–H groups in total. The van der Waals surface area contributed by atoms with E-state index in [0.717, 1.165) is 30.7 Å². The lowest BCUT2D eigenvalue weighted by molar-refractivity contribution is -0.131. The molecule has 25 heavy (non-hydrogen) atoms. The minimum absolute atomic E-state index is 0.0275. The van der Waals surface area contributed by atoms with Crippen LogP contribution in [-0.4, -0.2) is 36.1 Å². The lowest BCUT2D eigenvalue weighted by Gasteiger charge is -2.17. The first-order valence-electron chi connectivity index (χ1n) is 7.47. The second-order valence-corrected chi connectivity index (χ2v) is 9.16. The van der Waals surface area contributed by atoms with E-state index in [4.69, 9.17) is 11.6 Å². The molecule has 0 radical (unpaired) electrons. The molecule has 4 nitrogen and oxygen atoms in total. The largest absolute Gasteiger partial charge is 0.336 e. The number of nitrogens with one attached hydrogen (secondary N) is 1. The average Bonchev–Trinajstić information content (AvgIpc) is 2.95. The number of likely N-dealkylation sites (N-methyl/N-ethyl adjacent to an activating group) is 1. The van der Waals surface area contributed by atoms with Gasteiger partial charge in [-0.3, -0.25) is 9.59 Å². The SMILES string of the molecule is Cc1cc(Br)ccc1NC(=O)CN(C)C(=O)CSCc1ccc(Cl)s1. The molecule has 2 aromatic rings. The molecule has 0 saturated heterocycles. The Labute approximate surface area is 169 Å². The second kappa shape index (κ2) is 9.62. The van der Waals surface area contributed by atoms with Crippen LogP contribution >= 0.6 is 50.6 Å². The van der Waals surface area contributed by atoms with Gasteiger partial charge >= 0.3 is 0 Å². The molecule has 0 aliphatic heterocycles. The first-order chi connectivity index (χ1) is 11.8. The number of hydrogen-bond acceptors (Lipinski definition) is 4. The van der Waals surface area contributed by atoms with Crippen molar-refractivity contribution >= 4 is 68.1 Å². The Balaban J connectivity index is 1.76. The van der Waals surface area contributed by atoms with Crippen molar-refractivity contribution in [2.24, 2.45) is 0 Å². The highest BCUT2D eigenvalue weighted by Crippen LogP contribution is 2.25. The Kier molecular flexibility index (Phi) is 7.81. The van der Waals surface area contributed by atoms with E-state index in [1.165, 1.54) is 28.0 Å². The molecule has 1 heterocycles. The lowest BCUT2D eigenvalue weighted by atomic mass is 10.2. The van der Waals surface area contributed by atoms with E-state index in [1.807, 2.05) is 37.3 Å². The molecule has 1 aromatic heterocycles. The maximum absolute atomic E-state index is 12.1. The van der Waals surface area contributed by atoms with Crippen molar-refractivity contribution < 1.29 is 9.59 Å². The summed E-state index contributed by atoms with van der Waals surface area (Å²) in [4.78, 5) is 26.8. The van der Waals surface area contributed by atoms with Crippen LogP contribution in [0.1, 0.15) is 10.4 Å². The highest BCUT2D eigenvalue weighted by atomic mass is 79.9. The van der Waals surface area contributed by atoms with Crippen LogP contribution in [0.3, 0.4) is 0 Å². The molecule has 1 aromatic carbocycles. The number of carbonyl (C=O) groups excluding carboxylic acids is 2. The van der Waals surface area contributed by atoms with Crippen molar-refractivity contribution in [1.82, 2.24) is 4.90 Å². The van der Waals surface area contributed by atoms with Gasteiger partial charge in [-0.05, 0) is 42.8 Å². The molecule has 0 spiro atoms. The van der Waals surface area contributed by atoms with Gasteiger partial charge in [0.05, 0.1) is 16.6 Å². The predicted octanol–water partition coefficient (Wildman–Crippen LogP) is 4.80. The maximum Gasteiger partial charge on any atom is 0.243 e. The normalized spacial score (nSPS) is 10.6. The van der Waals surface area contributed by atoms with Crippen LogP contribution in [0.25, 0.3) is 0 Å². The van der Waals surface area contributed by atoms with Crippen LogP contribution < -0.4 is 5.32 Å². The minimum Gasteiger partial charge on any atom is -0.336 e. The van der Waals surface area contributed by atoms with Crippen LogP contribution in [0.5, 0.6) is 0 Å². The van der Waals surface area contributed by atoms with E-state index >= 15 is 0 Å². The molecule has 134 valence electrons. The van der Waals surface area contributed by atoms with Crippen molar-refractivity contribution in [1.29, 1.82) is 0 Å². The monoisotopic (exact) mass is 460 g/mol. The second-order valence-electron chi connectivity index (χ2n) is 5.46. The van der Waals surface area contributed by atoms with Gasteiger partial charge in [0.1, 0.15) is 0 Å². The Hall–Kier alpha value is -1.02. The standard InChI is InChI=1S/C17H18BrClN2O2S2/c1-11-7-12(18)3-5-14(11)20-16(22)8-21(2)17(23)10-24-9-13-4-6-15(19)25-13/h3-7H,8-10H2,1-2H3,(H,20,22). The first-order valence-corrected chi connectivity index (χ1v) is 10.6. The van der Waals surface area contributed by atoms with Gasteiger partial charge in [0.25, 0.3) is 0 Å². The Morgan fingerprint density at radius 3 is 2.72 bits per heavy atom. The van der Waals surface area contributed by atoms with Gasteiger partial charge in [0, 0.05) is 27.8 Å². The molecule has 8 heteroatoms. The molecule has 2 amide bonds. The minimum atomic E-state index is -0.212. The summed E-state index contributed by atoms with van der Waals surface area (Å²) in [5.74, 6) is 0.782. The number of benzene rings is 1. The quantitative estimate of drug-likeness (QED) is 0.644. The highest BCUT2D eigenvalue weighted by Gasteiger charge is 2.14. The number of amides is 2. The third-order valence-corrected chi connectivity index (χ3v) is 6.24. The topological polar surface area (TPSA) is 49.4 Å². The lowest BCUT2D eigenvalue weighted by Crippen LogP contribution is -2.36. The number of rotatable bonds is 7. The summed E-state index contributed by atoms with van der Waals surface area (Å²) >= 11 is 12.3. The van der Waals surface area contributed by atoms with Crippen molar-refractivity contribution in [2.75, 3.05) is 24.7 Å². The van der Waals surface area contributed by atoms with Gasteiger partial charge < -0.3 is 10.2 Å². The molecule has 0 aliphatic carbocycles. The zero-order chi connectivity index (χ0) is 18.4. The average molecular weight is 462 g/mol. The highest BCUT2D eigenvalue weighted by molar-refractivity contribution is 9.10. The number of halogens is 2. The first kappa shape index (κ1) is 20.3. The van der Waals surface area contributed by atoms with Gasteiger partial charge in [0.2, 0.25) is 11.8 Å². The van der Waals surface area contributed by atoms with Gasteiger partial charge in [0.15, 0.2) is 0 Å². The van der Waals surface area contributed by atoms with E-state index in [1.54, 1.807) is 7.05 Å². The fourth-order valence-electron chi connectivity index (χ4n) is 2.04. The van der Waals surface area contributed by atoms with Crippen LogP contribution in [0.4, 0.5) is 5.69 Å². The van der Waals surface area contributed by atoms with Gasteiger partial charge in [-0.2, -0.15) is 0 Å². The van der Waals surface area contributed by atoms with E-state index in [-0.39, 0.29) is 18.4 Å². The maximum atomic E-state index is 12.1. The summed E-state index contributed by atoms with van der Waals surface area (Å²) in [5.41, 5.74) is 1.71. The van der Waals surface area contributed by atoms with E-state index in [9.17, 15) is 9.59 Å². The smallest absolute Gasteiger partial charge is 0.243 e. The zero-order valence-electron chi connectivity index (χ0n) is 13.8. The number of thioether (sulfide) groups is 1. The molecule has 0 fully saturated rings. The number of hydrogen-bond donors (Lipinski definition) is 1. The molecular formula is C17H18BrClN2O2S2. The third kappa shape index (κ3) is 6.66. The van der Waals surface area contributed by atoms with Crippen molar-refractivity contribution in [3.8, 4) is 0 Å². The molecule has 0 saturated carbocycles. The van der Waals surface area contributed by atoms with Crippen LogP contribution in [0.2, 0.25) is 4.34 Å². The Morgan fingerprint density at radius 1 is 1.32 bits per heavy atom. The van der Waals surface area contributed by atoms with E-state index < -0.39 is 0 Å². The number of carbonyl (C=O) groups is 2. The molecule has 0 unspecified atom stereocenters. The Bertz CT molecular complexity index is 767. The molecule has 0 bridgehead atoms. The van der Waals surface area contributed by atoms with E-state index in [0.29, 0.717) is 5.75 Å². The zero-order valence-corrected chi connectivity index (χ0v) is 17.8. The number of nitrogens with zero attached hydrogens (tertiary/aromatic N) is 1. The fraction of sp³-hybridized carbons (Fsp3) is 0.294.